The number of carboxylic acids is 1. The first-order valence-corrected chi connectivity index (χ1v) is 5.86. The quantitative estimate of drug-likeness (QED) is 0.715. The lowest BCUT2D eigenvalue weighted by molar-refractivity contribution is -0.139. The molecular formula is C13H18N2O2. The third kappa shape index (κ3) is 2.84. The molecule has 3 N–H and O–H groups in total. The molecule has 1 saturated heterocycles. The van der Waals surface area contributed by atoms with Crippen molar-refractivity contribution >= 4 is 5.97 Å². The summed E-state index contributed by atoms with van der Waals surface area (Å²) in [6, 6.07) is 10.2. The number of nitrogens with one attached hydrogen (secondary N) is 2. The van der Waals surface area contributed by atoms with Crippen molar-refractivity contribution in [3.8, 4) is 0 Å². The number of carbonyl (C=O) groups is 1. The number of hydrogen-bond donors (Lipinski definition) is 3. The first-order valence-electron chi connectivity index (χ1n) is 5.86. The van der Waals surface area contributed by atoms with Crippen LogP contribution in [0.4, 0.5) is 0 Å². The van der Waals surface area contributed by atoms with Crippen LogP contribution in [0.2, 0.25) is 0 Å². The molecular weight excluding hydrogens is 216 g/mol. The zero-order valence-electron chi connectivity index (χ0n) is 9.94. The molecule has 1 atom stereocenters. The summed E-state index contributed by atoms with van der Waals surface area (Å²) in [5, 5.41) is 15.5. The Hall–Kier alpha value is -1.39. The molecule has 1 unspecified atom stereocenters. The average Bonchev–Trinajstić information content (AvgIpc) is 2.26. The summed E-state index contributed by atoms with van der Waals surface area (Å²) in [4.78, 5) is 10.9. The van der Waals surface area contributed by atoms with E-state index in [1.807, 2.05) is 18.2 Å². The molecule has 0 amide bonds. The smallest absolute Gasteiger partial charge is 0.305 e. The second-order valence-corrected chi connectivity index (χ2v) is 4.73. The second-order valence-electron chi connectivity index (χ2n) is 4.73. The fourth-order valence-electron chi connectivity index (χ4n) is 2.28. The van der Waals surface area contributed by atoms with Crippen molar-refractivity contribution in [1.29, 1.82) is 0 Å². The summed E-state index contributed by atoms with van der Waals surface area (Å²) in [6.45, 7) is 3.50. The third-order valence-electron chi connectivity index (χ3n) is 3.24. The van der Waals surface area contributed by atoms with E-state index >= 15 is 0 Å². The minimum Gasteiger partial charge on any atom is -0.481 e. The first kappa shape index (κ1) is 12.1. The van der Waals surface area contributed by atoms with E-state index in [4.69, 9.17) is 5.11 Å². The Balaban J connectivity index is 2.02. The fourth-order valence-corrected chi connectivity index (χ4v) is 2.28. The molecule has 1 aromatic carbocycles. The summed E-state index contributed by atoms with van der Waals surface area (Å²) in [5.74, 6) is -0.751. The van der Waals surface area contributed by atoms with Gasteiger partial charge >= 0.3 is 5.97 Å². The lowest BCUT2D eigenvalue weighted by Crippen LogP contribution is -2.68. The largest absolute Gasteiger partial charge is 0.481 e. The van der Waals surface area contributed by atoms with Crippen molar-refractivity contribution in [3.05, 3.63) is 35.9 Å². The molecule has 0 spiro atoms. The minimum atomic E-state index is -0.751. The van der Waals surface area contributed by atoms with Crippen LogP contribution in [0.3, 0.4) is 0 Å². The molecule has 1 aliphatic rings. The summed E-state index contributed by atoms with van der Waals surface area (Å²) in [6.07, 6.45) is 0.164. The summed E-state index contributed by atoms with van der Waals surface area (Å²) < 4.78 is 0. The van der Waals surface area contributed by atoms with Gasteiger partial charge in [0.2, 0.25) is 0 Å². The van der Waals surface area contributed by atoms with Crippen molar-refractivity contribution in [3.63, 3.8) is 0 Å². The number of aliphatic carboxylic acids is 1. The minimum absolute atomic E-state index is 0.164. The van der Waals surface area contributed by atoms with E-state index in [9.17, 15) is 4.79 Å². The van der Waals surface area contributed by atoms with Crippen molar-refractivity contribution in [2.24, 2.45) is 0 Å². The molecule has 0 saturated carbocycles. The Morgan fingerprint density at radius 1 is 1.47 bits per heavy atom. The second kappa shape index (κ2) is 4.85. The predicted molar refractivity (Wildman–Crippen MR) is 65.8 cm³/mol. The molecule has 1 heterocycles. The zero-order chi connectivity index (χ0) is 12.3. The van der Waals surface area contributed by atoms with Crippen LogP contribution in [0.1, 0.15) is 24.9 Å². The Bertz CT molecular complexity index is 388. The van der Waals surface area contributed by atoms with Gasteiger partial charge in [0.15, 0.2) is 0 Å². The lowest BCUT2D eigenvalue weighted by atomic mass is 9.87. The molecule has 2 rings (SSSR count). The van der Waals surface area contributed by atoms with Gasteiger partial charge in [-0.25, -0.2) is 0 Å². The Morgan fingerprint density at radius 3 is 2.59 bits per heavy atom. The van der Waals surface area contributed by atoms with Gasteiger partial charge in [-0.3, -0.25) is 4.79 Å². The van der Waals surface area contributed by atoms with Gasteiger partial charge in [0.1, 0.15) is 0 Å². The van der Waals surface area contributed by atoms with Crippen molar-refractivity contribution in [1.82, 2.24) is 10.6 Å². The van der Waals surface area contributed by atoms with Crippen LogP contribution in [-0.2, 0) is 4.79 Å². The van der Waals surface area contributed by atoms with E-state index in [2.05, 4.69) is 29.7 Å². The van der Waals surface area contributed by atoms with Gasteiger partial charge in [-0.05, 0) is 12.5 Å². The normalized spacial score (nSPS) is 19.4. The molecule has 0 aromatic heterocycles. The molecule has 0 aliphatic carbocycles. The molecule has 92 valence electrons. The van der Waals surface area contributed by atoms with Gasteiger partial charge in [-0.15, -0.1) is 0 Å². The molecule has 0 bridgehead atoms. The van der Waals surface area contributed by atoms with Crippen molar-refractivity contribution in [2.75, 3.05) is 13.1 Å². The van der Waals surface area contributed by atoms with Gasteiger partial charge in [-0.1, -0.05) is 30.3 Å². The fraction of sp³-hybridized carbons (Fsp3) is 0.462. The summed E-state index contributed by atoms with van der Waals surface area (Å²) in [5.41, 5.74) is 0.894. The van der Waals surface area contributed by atoms with Crippen LogP contribution in [-0.4, -0.2) is 29.7 Å². The lowest BCUT2D eigenvalue weighted by Gasteiger charge is -2.44. The van der Waals surface area contributed by atoms with Crippen molar-refractivity contribution in [2.45, 2.75) is 24.9 Å². The Kier molecular flexibility index (Phi) is 3.45. The topological polar surface area (TPSA) is 61.4 Å². The summed E-state index contributed by atoms with van der Waals surface area (Å²) in [7, 11) is 0. The molecule has 4 heteroatoms. The maximum absolute atomic E-state index is 10.9. The predicted octanol–water partition coefficient (Wildman–Crippen LogP) is 1.15. The molecule has 1 aliphatic heterocycles. The zero-order valence-corrected chi connectivity index (χ0v) is 9.94. The van der Waals surface area contributed by atoms with Gasteiger partial charge in [-0.2, -0.15) is 0 Å². The van der Waals surface area contributed by atoms with Crippen molar-refractivity contribution < 1.29 is 9.90 Å². The molecule has 1 fully saturated rings. The maximum Gasteiger partial charge on any atom is 0.305 e. The number of rotatable bonds is 5. The SMILES string of the molecule is CC(NC1(CC(=O)O)CNC1)c1ccccc1. The Labute approximate surface area is 101 Å². The number of carboxylic acid groups (broad SMARTS) is 1. The highest BCUT2D eigenvalue weighted by atomic mass is 16.4. The maximum atomic E-state index is 10.9. The highest BCUT2D eigenvalue weighted by molar-refractivity contribution is 5.68. The van der Waals surface area contributed by atoms with E-state index in [1.54, 1.807) is 0 Å². The first-order chi connectivity index (χ1) is 8.11. The van der Waals surface area contributed by atoms with Gasteiger partial charge < -0.3 is 15.7 Å². The molecule has 17 heavy (non-hydrogen) atoms. The monoisotopic (exact) mass is 234 g/mol. The van der Waals surface area contributed by atoms with Crippen LogP contribution >= 0.6 is 0 Å². The third-order valence-corrected chi connectivity index (χ3v) is 3.24. The van der Waals surface area contributed by atoms with Crippen LogP contribution in [0.5, 0.6) is 0 Å². The number of benzene rings is 1. The molecule has 0 radical (unpaired) electrons. The van der Waals surface area contributed by atoms with E-state index < -0.39 is 5.97 Å². The Morgan fingerprint density at radius 2 is 2.12 bits per heavy atom. The van der Waals surface area contributed by atoms with Crippen LogP contribution in [0, 0.1) is 0 Å². The van der Waals surface area contributed by atoms with Crippen LogP contribution < -0.4 is 10.6 Å². The van der Waals surface area contributed by atoms with Gasteiger partial charge in [0.05, 0.1) is 12.0 Å². The van der Waals surface area contributed by atoms with E-state index in [0.717, 1.165) is 13.1 Å². The van der Waals surface area contributed by atoms with Crippen LogP contribution in [0.15, 0.2) is 30.3 Å². The van der Waals surface area contributed by atoms with E-state index in [-0.39, 0.29) is 18.0 Å². The van der Waals surface area contributed by atoms with E-state index in [1.165, 1.54) is 5.56 Å². The van der Waals surface area contributed by atoms with Gasteiger partial charge in [0.25, 0.3) is 0 Å². The highest BCUT2D eigenvalue weighted by Gasteiger charge is 2.39. The van der Waals surface area contributed by atoms with Gasteiger partial charge in [0, 0.05) is 19.1 Å². The number of hydrogen-bond acceptors (Lipinski definition) is 3. The van der Waals surface area contributed by atoms with E-state index in [0.29, 0.717) is 0 Å². The average molecular weight is 234 g/mol. The molecule has 1 aromatic rings. The summed E-state index contributed by atoms with van der Waals surface area (Å²) >= 11 is 0. The van der Waals surface area contributed by atoms with Crippen LogP contribution in [0.25, 0.3) is 0 Å². The highest BCUT2D eigenvalue weighted by Crippen LogP contribution is 2.22. The molecule has 4 nitrogen and oxygen atoms in total. The standard InChI is InChI=1S/C13H18N2O2/c1-10(11-5-3-2-4-6-11)15-13(7-12(16)17)8-14-9-13/h2-6,10,14-15H,7-9H2,1H3,(H,16,17).